The monoisotopic (exact) mass is 485 g/mol. The molecule has 0 unspecified atom stereocenters. The fraction of sp³-hybridized carbons (Fsp3) is 0.240. The number of amides is 2. The second kappa shape index (κ2) is 9.38. The van der Waals surface area contributed by atoms with Crippen LogP contribution in [-0.4, -0.2) is 36.1 Å². The van der Waals surface area contributed by atoms with Gasteiger partial charge in [-0.1, -0.05) is 12.1 Å². The van der Waals surface area contributed by atoms with Crippen molar-refractivity contribution in [2.75, 3.05) is 30.0 Å². The third-order valence-corrected chi connectivity index (χ3v) is 5.70. The van der Waals surface area contributed by atoms with Gasteiger partial charge in [-0.3, -0.25) is 14.4 Å². The number of benzene rings is 2. The molecule has 1 saturated heterocycles. The SMILES string of the molecule is Cc1ccc(NC(=O)c2cccc(C(F)(F)F)c2)cc1-c1cc(N2CCOCC2=O)c(=O)n(C)c1. The molecule has 0 aliphatic carbocycles. The van der Waals surface area contributed by atoms with E-state index in [9.17, 15) is 27.6 Å². The minimum absolute atomic E-state index is 0.108. The molecule has 7 nitrogen and oxygen atoms in total. The van der Waals surface area contributed by atoms with Gasteiger partial charge in [-0.15, -0.1) is 0 Å². The second-order valence-corrected chi connectivity index (χ2v) is 8.19. The molecule has 1 aromatic heterocycles. The van der Waals surface area contributed by atoms with Gasteiger partial charge < -0.3 is 19.5 Å². The fourth-order valence-electron chi connectivity index (χ4n) is 3.86. The van der Waals surface area contributed by atoms with E-state index in [1.807, 2.05) is 6.92 Å². The normalized spacial score (nSPS) is 14.2. The predicted octanol–water partition coefficient (Wildman–Crippen LogP) is 4.00. The minimum Gasteiger partial charge on any atom is -0.370 e. The lowest BCUT2D eigenvalue weighted by atomic mass is 10.0. The molecule has 0 bridgehead atoms. The Morgan fingerprint density at radius 3 is 2.57 bits per heavy atom. The van der Waals surface area contributed by atoms with Crippen molar-refractivity contribution in [1.82, 2.24) is 4.57 Å². The summed E-state index contributed by atoms with van der Waals surface area (Å²) in [5.41, 5.74) is 1.36. The van der Waals surface area contributed by atoms with Gasteiger partial charge in [0.15, 0.2) is 0 Å². The summed E-state index contributed by atoms with van der Waals surface area (Å²) in [4.78, 5) is 39.1. The molecule has 0 saturated carbocycles. The summed E-state index contributed by atoms with van der Waals surface area (Å²) in [6.45, 7) is 2.31. The third kappa shape index (κ3) is 5.12. The zero-order valence-corrected chi connectivity index (χ0v) is 19.0. The molecule has 10 heteroatoms. The Morgan fingerprint density at radius 2 is 1.86 bits per heavy atom. The number of morpholine rings is 1. The average Bonchev–Trinajstić information content (AvgIpc) is 2.82. The maximum atomic E-state index is 13.0. The number of aryl methyl sites for hydroxylation is 2. The predicted molar refractivity (Wildman–Crippen MR) is 124 cm³/mol. The number of nitrogens with one attached hydrogen (secondary N) is 1. The van der Waals surface area contributed by atoms with Gasteiger partial charge >= 0.3 is 6.18 Å². The molecule has 2 aromatic carbocycles. The highest BCUT2D eigenvalue weighted by molar-refractivity contribution is 6.04. The minimum atomic E-state index is -4.56. The lowest BCUT2D eigenvalue weighted by molar-refractivity contribution is -0.137. The lowest BCUT2D eigenvalue weighted by Crippen LogP contribution is -2.44. The molecule has 2 amide bonds. The number of hydrogen-bond donors (Lipinski definition) is 1. The molecule has 35 heavy (non-hydrogen) atoms. The summed E-state index contributed by atoms with van der Waals surface area (Å²) < 4.78 is 45.6. The maximum Gasteiger partial charge on any atom is 0.416 e. The maximum absolute atomic E-state index is 13.0. The van der Waals surface area contributed by atoms with Crippen molar-refractivity contribution in [1.29, 1.82) is 0 Å². The van der Waals surface area contributed by atoms with Crippen LogP contribution in [0.5, 0.6) is 0 Å². The number of anilines is 2. The van der Waals surface area contributed by atoms with E-state index in [-0.39, 0.29) is 35.9 Å². The van der Waals surface area contributed by atoms with E-state index in [0.29, 0.717) is 23.4 Å². The van der Waals surface area contributed by atoms with Crippen LogP contribution in [0.2, 0.25) is 0 Å². The smallest absolute Gasteiger partial charge is 0.370 e. The number of carbonyl (C=O) groups excluding carboxylic acids is 2. The highest BCUT2D eigenvalue weighted by atomic mass is 19.4. The molecule has 0 spiro atoms. The van der Waals surface area contributed by atoms with Gasteiger partial charge in [0.25, 0.3) is 17.4 Å². The first-order valence-corrected chi connectivity index (χ1v) is 10.7. The molecule has 0 radical (unpaired) electrons. The van der Waals surface area contributed by atoms with Crippen molar-refractivity contribution in [3.8, 4) is 11.1 Å². The standard InChI is InChI=1S/C25H22F3N3O4/c1-15-6-7-19(29-23(33)16-4-3-5-18(10-16)25(26,27)28)12-20(15)17-11-21(24(34)30(2)13-17)31-8-9-35-14-22(31)32/h3-7,10-13H,8-9,14H2,1-2H3,(H,29,33). The number of rotatable bonds is 4. The Kier molecular flexibility index (Phi) is 6.49. The zero-order chi connectivity index (χ0) is 25.3. The van der Waals surface area contributed by atoms with Gasteiger partial charge in [-0.2, -0.15) is 13.2 Å². The summed E-state index contributed by atoms with van der Waals surface area (Å²) in [7, 11) is 1.58. The Labute approximate surface area is 198 Å². The molecular weight excluding hydrogens is 463 g/mol. The van der Waals surface area contributed by atoms with Crippen molar-refractivity contribution in [3.63, 3.8) is 0 Å². The van der Waals surface area contributed by atoms with E-state index in [0.717, 1.165) is 17.7 Å². The first-order chi connectivity index (χ1) is 16.5. The van der Waals surface area contributed by atoms with Crippen LogP contribution in [0.25, 0.3) is 11.1 Å². The first-order valence-electron chi connectivity index (χ1n) is 10.7. The van der Waals surface area contributed by atoms with Gasteiger partial charge in [0, 0.05) is 36.6 Å². The summed E-state index contributed by atoms with van der Waals surface area (Å²) in [6.07, 6.45) is -2.94. The summed E-state index contributed by atoms with van der Waals surface area (Å²) in [5.74, 6) is -1.00. The number of aromatic nitrogens is 1. The summed E-state index contributed by atoms with van der Waals surface area (Å²) in [5, 5.41) is 2.63. The van der Waals surface area contributed by atoms with Crippen LogP contribution in [0.3, 0.4) is 0 Å². The number of nitrogens with zero attached hydrogens (tertiary/aromatic N) is 2. The van der Waals surface area contributed by atoms with Crippen LogP contribution >= 0.6 is 0 Å². The van der Waals surface area contributed by atoms with Crippen molar-refractivity contribution < 1.29 is 27.5 Å². The van der Waals surface area contributed by atoms with Crippen molar-refractivity contribution in [3.05, 3.63) is 81.8 Å². The molecule has 1 fully saturated rings. The Morgan fingerprint density at radius 1 is 1.09 bits per heavy atom. The van der Waals surface area contributed by atoms with Crippen LogP contribution in [0.1, 0.15) is 21.5 Å². The quantitative estimate of drug-likeness (QED) is 0.606. The Bertz CT molecular complexity index is 1360. The van der Waals surface area contributed by atoms with E-state index in [2.05, 4.69) is 5.32 Å². The molecule has 4 rings (SSSR count). The highest BCUT2D eigenvalue weighted by Crippen LogP contribution is 2.31. The van der Waals surface area contributed by atoms with Crippen LogP contribution in [0.15, 0.2) is 59.5 Å². The average molecular weight is 485 g/mol. The number of hydrogen-bond acceptors (Lipinski definition) is 4. The van der Waals surface area contributed by atoms with Crippen LogP contribution in [-0.2, 0) is 22.8 Å². The highest BCUT2D eigenvalue weighted by Gasteiger charge is 2.31. The van der Waals surface area contributed by atoms with E-state index >= 15 is 0 Å². The first kappa shape index (κ1) is 24.2. The number of ether oxygens (including phenoxy) is 1. The molecule has 1 aliphatic rings. The van der Waals surface area contributed by atoms with E-state index in [4.69, 9.17) is 4.74 Å². The number of carbonyl (C=O) groups is 2. The number of pyridine rings is 1. The zero-order valence-electron chi connectivity index (χ0n) is 19.0. The topological polar surface area (TPSA) is 80.6 Å². The molecule has 182 valence electrons. The molecule has 1 N–H and O–H groups in total. The molecule has 1 aliphatic heterocycles. The van der Waals surface area contributed by atoms with E-state index in [1.165, 1.54) is 21.6 Å². The van der Waals surface area contributed by atoms with Crippen molar-refractivity contribution in [2.45, 2.75) is 13.1 Å². The van der Waals surface area contributed by atoms with Crippen LogP contribution in [0, 0.1) is 6.92 Å². The van der Waals surface area contributed by atoms with Crippen LogP contribution in [0.4, 0.5) is 24.5 Å². The second-order valence-electron chi connectivity index (χ2n) is 8.19. The molecule has 2 heterocycles. The van der Waals surface area contributed by atoms with E-state index in [1.54, 1.807) is 37.5 Å². The van der Waals surface area contributed by atoms with Crippen LogP contribution < -0.4 is 15.8 Å². The van der Waals surface area contributed by atoms with Crippen molar-refractivity contribution in [2.24, 2.45) is 7.05 Å². The lowest BCUT2D eigenvalue weighted by Gasteiger charge is -2.27. The van der Waals surface area contributed by atoms with Gasteiger partial charge in [0.2, 0.25) is 0 Å². The Hall–Kier alpha value is -3.92. The number of alkyl halides is 3. The van der Waals surface area contributed by atoms with E-state index < -0.39 is 17.6 Å². The molecular formula is C25H22F3N3O4. The summed E-state index contributed by atoms with van der Waals surface area (Å²) in [6, 6.07) is 10.9. The molecule has 3 aromatic rings. The fourth-order valence-corrected chi connectivity index (χ4v) is 3.86. The van der Waals surface area contributed by atoms with Crippen molar-refractivity contribution >= 4 is 23.2 Å². The summed E-state index contributed by atoms with van der Waals surface area (Å²) >= 11 is 0. The number of halogens is 3. The van der Waals surface area contributed by atoms with Gasteiger partial charge in [-0.05, 0) is 54.4 Å². The van der Waals surface area contributed by atoms with Gasteiger partial charge in [0.1, 0.15) is 12.3 Å². The third-order valence-electron chi connectivity index (χ3n) is 5.70. The van der Waals surface area contributed by atoms with Gasteiger partial charge in [-0.25, -0.2) is 0 Å². The largest absolute Gasteiger partial charge is 0.416 e. The molecule has 0 atom stereocenters. The Balaban J connectivity index is 1.67. The van der Waals surface area contributed by atoms with Gasteiger partial charge in [0.05, 0.1) is 12.2 Å².